The van der Waals surface area contributed by atoms with Crippen LogP contribution in [-0.4, -0.2) is 30.2 Å². The standard InChI is InChI=1S/C13H9.C5H15O2Si2.C4H10N.2ClH.Zr/c1-3-7-12-10(5-1)9-11-6-2-4-8-13(11)12;1-6-8(2)7-9(3,4)5;1-4(2,3)5;;;/h1-9H;1-5H3;5H,1-3H3;2*1H;/q-1;;-1;;;+4/p-2. The Hall–Kier alpha value is 0.0869. The van der Waals surface area contributed by atoms with Gasteiger partial charge in [-0.15, -0.1) is 45.3 Å². The first kappa shape index (κ1) is 30.1. The van der Waals surface area contributed by atoms with Crippen LogP contribution in [0.5, 0.6) is 0 Å². The summed E-state index contributed by atoms with van der Waals surface area (Å²) < 4.78 is 10.6. The summed E-state index contributed by atoms with van der Waals surface area (Å²) in [4.78, 5) is 0. The average Bonchev–Trinajstić information content (AvgIpc) is 2.99. The van der Waals surface area contributed by atoms with Gasteiger partial charge in [-0.05, 0) is 26.2 Å². The largest absolute Gasteiger partial charge is 0.126 e. The minimum Gasteiger partial charge on any atom is -0.126 e. The van der Waals surface area contributed by atoms with Crippen molar-refractivity contribution in [3.8, 4) is 0 Å². The van der Waals surface area contributed by atoms with Crippen LogP contribution in [0.3, 0.4) is 0 Å². The fourth-order valence-corrected chi connectivity index (χ4v) is 6.16. The second-order valence-corrected chi connectivity index (χ2v) is 18.7. The molecule has 0 fully saturated rings. The van der Waals surface area contributed by atoms with Gasteiger partial charge in [0.1, 0.15) is 0 Å². The molecule has 30 heavy (non-hydrogen) atoms. The first-order valence-corrected chi connectivity index (χ1v) is 21.2. The summed E-state index contributed by atoms with van der Waals surface area (Å²) in [7, 11) is 9.32. The summed E-state index contributed by atoms with van der Waals surface area (Å²) in [6.45, 7) is 14.1. The predicted octanol–water partition coefficient (Wildman–Crippen LogP) is 8.53. The Labute approximate surface area is 204 Å². The van der Waals surface area contributed by atoms with E-state index >= 15 is 0 Å². The number of fused-ring (bicyclic) bond motifs is 3. The molecule has 0 bridgehead atoms. The molecule has 3 rings (SSSR count). The zero-order valence-corrected chi connectivity index (χ0v) is 25.2. The minimum atomic E-state index is -1.32. The minimum absolute atomic E-state index is 0.250. The van der Waals surface area contributed by atoms with E-state index in [9.17, 15) is 0 Å². The molecule has 3 aromatic carbocycles. The Kier molecular flexibility index (Phi) is 15.1. The molecule has 0 aromatic heterocycles. The van der Waals surface area contributed by atoms with E-state index in [1.165, 1.54) is 21.5 Å². The van der Waals surface area contributed by atoms with E-state index in [-0.39, 0.29) is 5.54 Å². The van der Waals surface area contributed by atoms with E-state index in [2.05, 4.69) is 74.2 Å². The molecule has 0 unspecified atom stereocenters. The molecule has 0 saturated carbocycles. The monoisotopic (exact) mass is 560 g/mol. The molecule has 0 aliphatic carbocycles. The van der Waals surface area contributed by atoms with Crippen molar-refractivity contribution in [1.82, 2.24) is 0 Å². The number of nitrogens with one attached hydrogen (secondary N) is 1. The molecule has 1 radical (unpaired) electrons. The Balaban J connectivity index is 0.000000434. The molecule has 0 atom stereocenters. The fourth-order valence-electron chi connectivity index (χ4n) is 2.38. The van der Waals surface area contributed by atoms with Crippen LogP contribution in [0.1, 0.15) is 20.8 Å². The molecule has 8 heteroatoms. The van der Waals surface area contributed by atoms with Gasteiger partial charge in [0.05, 0.1) is 0 Å². The second kappa shape index (κ2) is 15.0. The summed E-state index contributed by atoms with van der Waals surface area (Å²) in [6, 6.07) is 19.3. The molecule has 0 amide bonds. The van der Waals surface area contributed by atoms with Gasteiger partial charge < -0.3 is 14.3 Å². The van der Waals surface area contributed by atoms with E-state index in [0.717, 1.165) is 0 Å². The average molecular weight is 563 g/mol. The van der Waals surface area contributed by atoms with Gasteiger partial charge >= 0.3 is 47.2 Å². The van der Waals surface area contributed by atoms with Crippen molar-refractivity contribution in [1.29, 1.82) is 0 Å². The van der Waals surface area contributed by atoms with Crippen LogP contribution < -0.4 is 0 Å². The topological polar surface area (TPSA) is 42.3 Å². The smallest absolute Gasteiger partial charge is 0.0771 e. The van der Waals surface area contributed by atoms with Crippen LogP contribution in [-0.2, 0) is 29.4 Å². The van der Waals surface area contributed by atoms with Gasteiger partial charge in [-0.1, -0.05) is 57.2 Å². The van der Waals surface area contributed by atoms with Gasteiger partial charge in [0, 0.05) is 7.11 Å². The molecular formula is C22H34Cl2NO2Si2Zr. The number of benzene rings is 2. The molecule has 3 nitrogen and oxygen atoms in total. The zero-order valence-electron chi connectivity index (χ0n) is 19.3. The van der Waals surface area contributed by atoms with E-state index in [1.807, 2.05) is 27.3 Å². The van der Waals surface area contributed by atoms with Crippen LogP contribution in [0.2, 0.25) is 26.2 Å². The Morgan fingerprint density at radius 2 is 1.27 bits per heavy atom. The van der Waals surface area contributed by atoms with Crippen molar-refractivity contribution in [2.75, 3.05) is 7.11 Å². The quantitative estimate of drug-likeness (QED) is 0.237. The van der Waals surface area contributed by atoms with Crippen molar-refractivity contribution < 1.29 is 29.4 Å². The van der Waals surface area contributed by atoms with Gasteiger partial charge in [0.2, 0.25) is 0 Å². The SMILES string of the molecule is CC(C)(C)[NH-].CO[Si](C)O[Si](C)(C)C.[Cl][Zr+2][Cl].c1ccc2c(c1)[cH-]c1ccccc12. The third-order valence-electron chi connectivity index (χ3n) is 3.26. The summed E-state index contributed by atoms with van der Waals surface area (Å²) in [5, 5.41) is 5.39. The van der Waals surface area contributed by atoms with Crippen LogP contribution >= 0.6 is 17.0 Å². The molecular weight excluding hydrogens is 529 g/mol. The number of hydrogen-bond donors (Lipinski definition) is 0. The molecule has 0 aliphatic rings. The molecule has 0 aliphatic heterocycles. The Morgan fingerprint density at radius 3 is 1.53 bits per heavy atom. The second-order valence-electron chi connectivity index (χ2n) is 8.55. The normalized spacial score (nSPS) is 10.9. The number of halogens is 2. The summed E-state index contributed by atoms with van der Waals surface area (Å²) in [5.41, 5.74) is 6.69. The maximum Gasteiger partial charge on any atom is -0.0771 e. The van der Waals surface area contributed by atoms with Crippen LogP contribution in [0.4, 0.5) is 0 Å². The Morgan fingerprint density at radius 1 is 0.933 bits per heavy atom. The van der Waals surface area contributed by atoms with Crippen molar-refractivity contribution in [3.05, 3.63) is 60.3 Å². The molecule has 165 valence electrons. The molecule has 0 heterocycles. The predicted molar refractivity (Wildman–Crippen MR) is 136 cm³/mol. The van der Waals surface area contributed by atoms with Gasteiger partial charge in [-0.2, -0.15) is 0 Å². The van der Waals surface area contributed by atoms with Gasteiger partial charge in [0.15, 0.2) is 8.32 Å². The van der Waals surface area contributed by atoms with Crippen molar-refractivity contribution in [2.24, 2.45) is 0 Å². The van der Waals surface area contributed by atoms with Gasteiger partial charge in [0.25, 0.3) is 0 Å². The third kappa shape index (κ3) is 15.0. The zero-order chi connectivity index (χ0) is 23.4. The summed E-state index contributed by atoms with van der Waals surface area (Å²) >= 11 is -0.826. The molecule has 1 N–H and O–H groups in total. The van der Waals surface area contributed by atoms with Crippen LogP contribution in [0, 0.1) is 0 Å². The van der Waals surface area contributed by atoms with Gasteiger partial charge in [-0.25, -0.2) is 0 Å². The van der Waals surface area contributed by atoms with Crippen LogP contribution in [0.25, 0.3) is 27.3 Å². The first-order chi connectivity index (χ1) is 13.8. The van der Waals surface area contributed by atoms with E-state index in [4.69, 9.17) is 31.3 Å². The van der Waals surface area contributed by atoms with E-state index in [1.54, 1.807) is 7.11 Å². The van der Waals surface area contributed by atoms with E-state index in [0.29, 0.717) is 0 Å². The molecule has 0 saturated heterocycles. The third-order valence-corrected chi connectivity index (χ3v) is 7.43. The van der Waals surface area contributed by atoms with Crippen molar-refractivity contribution in [3.63, 3.8) is 0 Å². The summed E-state index contributed by atoms with van der Waals surface area (Å²) in [5.74, 6) is 0. The molecule has 0 spiro atoms. The Bertz CT molecular complexity index is 792. The number of hydrogen-bond acceptors (Lipinski definition) is 2. The molecule has 3 aromatic rings. The van der Waals surface area contributed by atoms with E-state index < -0.39 is 38.4 Å². The fraction of sp³-hybridized carbons (Fsp3) is 0.409. The first-order valence-electron chi connectivity index (χ1n) is 9.63. The maximum atomic E-state index is 6.94. The summed E-state index contributed by atoms with van der Waals surface area (Å²) in [6.07, 6.45) is 0. The van der Waals surface area contributed by atoms with Crippen molar-refractivity contribution >= 4 is 56.2 Å². The van der Waals surface area contributed by atoms with Crippen LogP contribution in [0.15, 0.2) is 54.6 Å². The number of rotatable bonds is 3. The van der Waals surface area contributed by atoms with Gasteiger partial charge in [-0.3, -0.25) is 0 Å². The van der Waals surface area contributed by atoms with Crippen molar-refractivity contribution in [2.45, 2.75) is 52.5 Å². The maximum absolute atomic E-state index is 6.94.